The lowest BCUT2D eigenvalue weighted by Crippen LogP contribution is -2.48. The molecule has 2 aromatic carbocycles. The summed E-state index contributed by atoms with van der Waals surface area (Å²) in [5.41, 5.74) is 1.66. The molecule has 1 N–H and O–H groups in total. The van der Waals surface area contributed by atoms with Crippen molar-refractivity contribution in [2.75, 3.05) is 58.5 Å². The summed E-state index contributed by atoms with van der Waals surface area (Å²) in [7, 11) is 3.23. The van der Waals surface area contributed by atoms with Crippen LogP contribution < -0.4 is 19.7 Å². The van der Waals surface area contributed by atoms with E-state index in [4.69, 9.17) is 14.2 Å². The molecule has 4 rings (SSSR count). The average Bonchev–Trinajstić information content (AvgIpc) is 2.91. The topological polar surface area (TPSA) is 80.3 Å². The molecule has 0 aromatic heterocycles. The van der Waals surface area contributed by atoms with Crippen molar-refractivity contribution < 1.29 is 23.8 Å². The van der Waals surface area contributed by atoms with Crippen molar-refractivity contribution in [3.63, 3.8) is 0 Å². The van der Waals surface area contributed by atoms with Gasteiger partial charge < -0.3 is 24.4 Å². The van der Waals surface area contributed by atoms with Gasteiger partial charge in [0.1, 0.15) is 11.5 Å². The summed E-state index contributed by atoms with van der Waals surface area (Å²) in [6.07, 6.45) is 1.72. The molecule has 0 saturated carbocycles. The zero-order valence-electron chi connectivity index (χ0n) is 20.6. The van der Waals surface area contributed by atoms with E-state index in [1.54, 1.807) is 19.1 Å². The van der Waals surface area contributed by atoms with E-state index in [1.165, 1.54) is 0 Å². The van der Waals surface area contributed by atoms with Gasteiger partial charge in [-0.15, -0.1) is 0 Å². The molecule has 0 unspecified atom stereocenters. The number of ether oxygens (including phenoxy) is 3. The van der Waals surface area contributed by atoms with Gasteiger partial charge in [0.2, 0.25) is 11.8 Å². The molecule has 0 aliphatic carbocycles. The number of carbonyl (C=O) groups is 2. The number of nitrogens with zero attached hydrogens (tertiary/aromatic N) is 2. The Kier molecular flexibility index (Phi) is 8.60. The van der Waals surface area contributed by atoms with Crippen molar-refractivity contribution in [3.8, 4) is 11.5 Å². The highest BCUT2D eigenvalue weighted by Crippen LogP contribution is 2.40. The third-order valence-corrected chi connectivity index (χ3v) is 6.80. The van der Waals surface area contributed by atoms with Gasteiger partial charge in [-0.1, -0.05) is 12.1 Å². The Morgan fingerprint density at radius 2 is 1.63 bits per heavy atom. The summed E-state index contributed by atoms with van der Waals surface area (Å²) in [5.74, 6) is 1.09. The Morgan fingerprint density at radius 3 is 2.26 bits per heavy atom. The first-order valence-electron chi connectivity index (χ1n) is 12.3. The standard InChI is InChI=1S/C27H35N3O5/c1-33-22-8-4-20(5-9-22)26-24(27(32)28-14-3-15-29-16-18-35-19-17-29)12-13-25(31)30(26)21-6-10-23(34-2)11-7-21/h4-11,24,26H,3,12-19H2,1-2H3,(H,28,32)/t24-,26-/m0/s1. The molecule has 2 aliphatic rings. The zero-order valence-corrected chi connectivity index (χ0v) is 20.6. The Hall–Kier alpha value is -3.10. The fraction of sp³-hybridized carbons (Fsp3) is 0.481. The van der Waals surface area contributed by atoms with E-state index in [1.807, 2.05) is 48.5 Å². The lowest BCUT2D eigenvalue weighted by atomic mass is 9.83. The van der Waals surface area contributed by atoms with Gasteiger partial charge in [0.05, 0.1) is 39.4 Å². The SMILES string of the molecule is COc1ccc([C@H]2[C@@H](C(=O)NCCCN3CCOCC3)CCC(=O)N2c2ccc(OC)cc2)cc1. The van der Waals surface area contributed by atoms with Crippen molar-refractivity contribution in [2.45, 2.75) is 25.3 Å². The normalized spacial score (nSPS) is 21.0. The van der Waals surface area contributed by atoms with E-state index < -0.39 is 6.04 Å². The van der Waals surface area contributed by atoms with Crippen molar-refractivity contribution in [2.24, 2.45) is 5.92 Å². The molecule has 188 valence electrons. The van der Waals surface area contributed by atoms with Crippen molar-refractivity contribution in [1.29, 1.82) is 0 Å². The minimum Gasteiger partial charge on any atom is -0.497 e. The minimum absolute atomic E-state index is 0.00681. The van der Waals surface area contributed by atoms with Crippen LogP contribution in [-0.4, -0.2) is 70.3 Å². The largest absolute Gasteiger partial charge is 0.497 e. The molecule has 2 saturated heterocycles. The van der Waals surface area contributed by atoms with E-state index >= 15 is 0 Å². The fourth-order valence-electron chi connectivity index (χ4n) is 4.87. The lowest BCUT2D eigenvalue weighted by molar-refractivity contribution is -0.129. The first-order valence-corrected chi connectivity index (χ1v) is 12.3. The molecule has 2 amide bonds. The van der Waals surface area contributed by atoms with Gasteiger partial charge in [-0.05, 0) is 61.3 Å². The Morgan fingerprint density at radius 1 is 1.00 bits per heavy atom. The maximum atomic E-state index is 13.4. The molecule has 0 bridgehead atoms. The second-order valence-corrected chi connectivity index (χ2v) is 8.92. The Balaban J connectivity index is 1.52. The number of rotatable bonds is 9. The molecular formula is C27H35N3O5. The minimum atomic E-state index is -0.408. The number of carbonyl (C=O) groups excluding carboxylic acids is 2. The maximum absolute atomic E-state index is 13.4. The Bertz CT molecular complexity index is 973. The summed E-state index contributed by atoms with van der Waals surface area (Å²) in [4.78, 5) is 30.7. The summed E-state index contributed by atoms with van der Waals surface area (Å²) in [5, 5.41) is 3.14. The smallest absolute Gasteiger partial charge is 0.227 e. The van der Waals surface area contributed by atoms with E-state index in [-0.39, 0.29) is 17.7 Å². The number of piperidine rings is 1. The van der Waals surface area contributed by atoms with Crippen LogP contribution in [0.3, 0.4) is 0 Å². The van der Waals surface area contributed by atoms with E-state index in [2.05, 4.69) is 10.2 Å². The second-order valence-electron chi connectivity index (χ2n) is 8.92. The Labute approximate surface area is 207 Å². The number of benzene rings is 2. The molecule has 8 nitrogen and oxygen atoms in total. The second kappa shape index (κ2) is 12.0. The van der Waals surface area contributed by atoms with E-state index in [9.17, 15) is 9.59 Å². The van der Waals surface area contributed by atoms with Gasteiger partial charge in [-0.3, -0.25) is 14.5 Å². The van der Waals surface area contributed by atoms with E-state index in [0.29, 0.717) is 25.1 Å². The van der Waals surface area contributed by atoms with Gasteiger partial charge in [-0.2, -0.15) is 0 Å². The number of nitrogens with one attached hydrogen (secondary N) is 1. The van der Waals surface area contributed by atoms with Crippen molar-refractivity contribution >= 4 is 17.5 Å². The van der Waals surface area contributed by atoms with Gasteiger partial charge in [0.25, 0.3) is 0 Å². The summed E-state index contributed by atoms with van der Waals surface area (Å²) >= 11 is 0. The van der Waals surface area contributed by atoms with Crippen LogP contribution in [0.25, 0.3) is 0 Å². The van der Waals surface area contributed by atoms with Gasteiger partial charge in [0.15, 0.2) is 0 Å². The molecule has 2 heterocycles. The molecule has 2 aromatic rings. The molecule has 35 heavy (non-hydrogen) atoms. The van der Waals surface area contributed by atoms with E-state index in [0.717, 1.165) is 56.3 Å². The summed E-state index contributed by atoms with van der Waals surface area (Å²) in [6, 6.07) is 14.6. The highest BCUT2D eigenvalue weighted by atomic mass is 16.5. The van der Waals surface area contributed by atoms with Crippen LogP contribution >= 0.6 is 0 Å². The number of morpholine rings is 1. The predicted octanol–water partition coefficient (Wildman–Crippen LogP) is 3.03. The van der Waals surface area contributed by atoms with Crippen LogP contribution in [0.1, 0.15) is 30.9 Å². The third-order valence-electron chi connectivity index (χ3n) is 6.80. The summed E-state index contributed by atoms with van der Waals surface area (Å²) < 4.78 is 16.0. The van der Waals surface area contributed by atoms with Crippen LogP contribution in [0, 0.1) is 5.92 Å². The predicted molar refractivity (Wildman–Crippen MR) is 134 cm³/mol. The maximum Gasteiger partial charge on any atom is 0.227 e. The highest BCUT2D eigenvalue weighted by Gasteiger charge is 2.41. The van der Waals surface area contributed by atoms with Crippen molar-refractivity contribution in [3.05, 3.63) is 54.1 Å². The van der Waals surface area contributed by atoms with Crippen LogP contribution in [0.5, 0.6) is 11.5 Å². The quantitative estimate of drug-likeness (QED) is 0.555. The first kappa shape index (κ1) is 25.0. The third kappa shape index (κ3) is 6.13. The van der Waals surface area contributed by atoms with Crippen LogP contribution in [0.15, 0.2) is 48.5 Å². The molecule has 2 aliphatic heterocycles. The number of hydrogen-bond donors (Lipinski definition) is 1. The molecule has 8 heteroatoms. The van der Waals surface area contributed by atoms with Gasteiger partial charge in [-0.25, -0.2) is 0 Å². The van der Waals surface area contributed by atoms with Gasteiger partial charge in [0, 0.05) is 31.7 Å². The first-order chi connectivity index (χ1) is 17.1. The molecular weight excluding hydrogens is 446 g/mol. The zero-order chi connectivity index (χ0) is 24.6. The average molecular weight is 482 g/mol. The van der Waals surface area contributed by atoms with Crippen LogP contribution in [-0.2, 0) is 14.3 Å². The van der Waals surface area contributed by atoms with Crippen LogP contribution in [0.2, 0.25) is 0 Å². The molecule has 2 atom stereocenters. The molecule has 0 spiro atoms. The van der Waals surface area contributed by atoms with Crippen molar-refractivity contribution in [1.82, 2.24) is 10.2 Å². The number of amides is 2. The molecule has 0 radical (unpaired) electrons. The number of anilines is 1. The monoisotopic (exact) mass is 481 g/mol. The highest BCUT2D eigenvalue weighted by molar-refractivity contribution is 5.97. The number of methoxy groups -OCH3 is 2. The fourth-order valence-corrected chi connectivity index (χ4v) is 4.87. The summed E-state index contributed by atoms with van der Waals surface area (Å²) in [6.45, 7) is 4.97. The lowest BCUT2D eigenvalue weighted by Gasteiger charge is -2.41. The van der Waals surface area contributed by atoms with Crippen LogP contribution in [0.4, 0.5) is 5.69 Å². The van der Waals surface area contributed by atoms with Gasteiger partial charge >= 0.3 is 0 Å². The molecule has 2 fully saturated rings. The number of hydrogen-bond acceptors (Lipinski definition) is 6.